The van der Waals surface area contributed by atoms with Crippen molar-refractivity contribution in [3.05, 3.63) is 48.8 Å². The molecule has 116 valence electrons. The molecule has 1 fully saturated rings. The molecule has 3 rings (SSSR count). The number of nitrogens with zero attached hydrogens (tertiary/aromatic N) is 1. The van der Waals surface area contributed by atoms with Crippen LogP contribution in [0.15, 0.2) is 48.8 Å². The number of nitrogens with one attached hydrogen (secondary N) is 2. The van der Waals surface area contributed by atoms with Gasteiger partial charge in [0.25, 0.3) is 0 Å². The number of pyridine rings is 1. The number of carbonyl (C=O) groups excluding carboxylic acids is 1. The SMILES string of the molecule is Cl.O=C(Nc1ccc(-c2cccnc2)cc1)[C@H]1C[C@H](F)CN1. The number of benzene rings is 1. The van der Waals surface area contributed by atoms with Crippen molar-refractivity contribution >= 4 is 24.0 Å². The topological polar surface area (TPSA) is 54.0 Å². The summed E-state index contributed by atoms with van der Waals surface area (Å²) in [5.74, 6) is -0.190. The lowest BCUT2D eigenvalue weighted by Gasteiger charge is -2.11. The molecule has 0 spiro atoms. The number of hydrogen-bond acceptors (Lipinski definition) is 3. The lowest BCUT2D eigenvalue weighted by atomic mass is 10.1. The molecule has 0 aliphatic carbocycles. The maximum Gasteiger partial charge on any atom is 0.241 e. The summed E-state index contributed by atoms with van der Waals surface area (Å²) in [6.07, 6.45) is 2.82. The molecule has 2 N–H and O–H groups in total. The molecular weight excluding hydrogens is 305 g/mol. The van der Waals surface area contributed by atoms with Crippen LogP contribution >= 0.6 is 12.4 Å². The van der Waals surface area contributed by atoms with E-state index in [0.29, 0.717) is 5.69 Å². The van der Waals surface area contributed by atoms with E-state index in [2.05, 4.69) is 15.6 Å². The first kappa shape index (κ1) is 16.4. The number of alkyl halides is 1. The Morgan fingerprint density at radius 2 is 2.00 bits per heavy atom. The third kappa shape index (κ3) is 3.81. The number of anilines is 1. The Labute approximate surface area is 134 Å². The molecule has 0 bridgehead atoms. The lowest BCUT2D eigenvalue weighted by molar-refractivity contribution is -0.117. The second-order valence-electron chi connectivity index (χ2n) is 5.10. The summed E-state index contributed by atoms with van der Waals surface area (Å²) in [6, 6.07) is 10.9. The maximum atomic E-state index is 13.1. The third-order valence-electron chi connectivity index (χ3n) is 3.54. The molecule has 22 heavy (non-hydrogen) atoms. The minimum atomic E-state index is -0.936. The van der Waals surface area contributed by atoms with Crippen LogP contribution in [0.4, 0.5) is 10.1 Å². The fourth-order valence-electron chi connectivity index (χ4n) is 2.40. The van der Waals surface area contributed by atoms with Crippen molar-refractivity contribution < 1.29 is 9.18 Å². The van der Waals surface area contributed by atoms with Crippen molar-refractivity contribution in [2.75, 3.05) is 11.9 Å². The quantitative estimate of drug-likeness (QED) is 0.914. The molecule has 2 aromatic rings. The van der Waals surface area contributed by atoms with Gasteiger partial charge in [-0.2, -0.15) is 0 Å². The average Bonchev–Trinajstić information content (AvgIpc) is 2.96. The highest BCUT2D eigenvalue weighted by Gasteiger charge is 2.29. The molecule has 1 aromatic carbocycles. The van der Waals surface area contributed by atoms with Gasteiger partial charge in [0, 0.05) is 31.0 Å². The van der Waals surface area contributed by atoms with E-state index in [4.69, 9.17) is 0 Å². The van der Waals surface area contributed by atoms with Crippen molar-refractivity contribution in [2.24, 2.45) is 0 Å². The molecule has 4 nitrogen and oxygen atoms in total. The molecule has 1 amide bonds. The molecular formula is C16H17ClFN3O. The number of carbonyl (C=O) groups is 1. The van der Waals surface area contributed by atoms with Crippen molar-refractivity contribution in [1.29, 1.82) is 0 Å². The van der Waals surface area contributed by atoms with Gasteiger partial charge in [-0.25, -0.2) is 4.39 Å². The van der Waals surface area contributed by atoms with Gasteiger partial charge in [0.1, 0.15) is 6.17 Å². The van der Waals surface area contributed by atoms with Gasteiger partial charge in [0.05, 0.1) is 6.04 Å². The van der Waals surface area contributed by atoms with Crippen LogP contribution in [-0.4, -0.2) is 29.6 Å². The van der Waals surface area contributed by atoms with Gasteiger partial charge in [-0.15, -0.1) is 12.4 Å². The summed E-state index contributed by atoms with van der Waals surface area (Å²) in [7, 11) is 0. The molecule has 1 aliphatic heterocycles. The fourth-order valence-corrected chi connectivity index (χ4v) is 2.40. The monoisotopic (exact) mass is 321 g/mol. The van der Waals surface area contributed by atoms with E-state index >= 15 is 0 Å². The molecule has 2 heterocycles. The van der Waals surface area contributed by atoms with Gasteiger partial charge < -0.3 is 10.6 Å². The maximum absolute atomic E-state index is 13.1. The van der Waals surface area contributed by atoms with Crippen molar-refractivity contribution in [3.8, 4) is 11.1 Å². The first-order valence-corrected chi connectivity index (χ1v) is 6.91. The second-order valence-corrected chi connectivity index (χ2v) is 5.10. The third-order valence-corrected chi connectivity index (χ3v) is 3.54. The van der Waals surface area contributed by atoms with E-state index < -0.39 is 12.2 Å². The van der Waals surface area contributed by atoms with Gasteiger partial charge in [-0.05, 0) is 29.3 Å². The van der Waals surface area contributed by atoms with Gasteiger partial charge in [-0.1, -0.05) is 18.2 Å². The van der Waals surface area contributed by atoms with E-state index in [9.17, 15) is 9.18 Å². The van der Waals surface area contributed by atoms with Gasteiger partial charge in [-0.3, -0.25) is 9.78 Å². The highest BCUT2D eigenvalue weighted by Crippen LogP contribution is 2.21. The lowest BCUT2D eigenvalue weighted by Crippen LogP contribution is -2.35. The number of aromatic nitrogens is 1. The Bertz CT molecular complexity index is 621. The predicted octanol–water partition coefficient (Wildman–Crippen LogP) is 2.81. The standard InChI is InChI=1S/C16H16FN3O.ClH/c17-13-8-15(19-10-13)16(21)20-14-5-3-11(4-6-14)12-2-1-7-18-9-12;/h1-7,9,13,15,19H,8,10H2,(H,20,21);1H/t13-,15+;/m0./s1. The van der Waals surface area contributed by atoms with Crippen molar-refractivity contribution in [2.45, 2.75) is 18.6 Å². The summed E-state index contributed by atoms with van der Waals surface area (Å²) in [5.41, 5.74) is 2.76. The second kappa shape index (κ2) is 7.33. The predicted molar refractivity (Wildman–Crippen MR) is 86.9 cm³/mol. The van der Waals surface area contributed by atoms with Crippen LogP contribution in [0.2, 0.25) is 0 Å². The minimum Gasteiger partial charge on any atom is -0.325 e. The Kier molecular flexibility index (Phi) is 5.46. The van der Waals surface area contributed by atoms with Gasteiger partial charge in [0.2, 0.25) is 5.91 Å². The first-order valence-electron chi connectivity index (χ1n) is 6.91. The summed E-state index contributed by atoms with van der Waals surface area (Å²) >= 11 is 0. The summed E-state index contributed by atoms with van der Waals surface area (Å²) in [6.45, 7) is 0.248. The Morgan fingerprint density at radius 3 is 2.59 bits per heavy atom. The highest BCUT2D eigenvalue weighted by molar-refractivity contribution is 5.95. The smallest absolute Gasteiger partial charge is 0.241 e. The first-order chi connectivity index (χ1) is 10.2. The number of amides is 1. The summed E-state index contributed by atoms with van der Waals surface area (Å²) in [5, 5.41) is 5.67. The zero-order valence-electron chi connectivity index (χ0n) is 11.8. The van der Waals surface area contributed by atoms with E-state index in [1.165, 1.54) is 0 Å². The van der Waals surface area contributed by atoms with Gasteiger partial charge >= 0.3 is 0 Å². The minimum absolute atomic E-state index is 0. The van der Waals surface area contributed by atoms with Crippen LogP contribution in [0.1, 0.15) is 6.42 Å². The highest BCUT2D eigenvalue weighted by atomic mass is 35.5. The molecule has 1 saturated heterocycles. The molecule has 0 radical (unpaired) electrons. The van der Waals surface area contributed by atoms with E-state index in [1.54, 1.807) is 12.4 Å². The van der Waals surface area contributed by atoms with Crippen LogP contribution in [-0.2, 0) is 4.79 Å². The van der Waals surface area contributed by atoms with Crippen molar-refractivity contribution in [1.82, 2.24) is 10.3 Å². The van der Waals surface area contributed by atoms with Crippen LogP contribution in [0.25, 0.3) is 11.1 Å². The van der Waals surface area contributed by atoms with Crippen molar-refractivity contribution in [3.63, 3.8) is 0 Å². The zero-order valence-corrected chi connectivity index (χ0v) is 12.6. The molecule has 0 saturated carbocycles. The molecule has 6 heteroatoms. The van der Waals surface area contributed by atoms with Crippen LogP contribution in [0.3, 0.4) is 0 Å². The Hall–Kier alpha value is -1.98. The molecule has 2 atom stereocenters. The fraction of sp³-hybridized carbons (Fsp3) is 0.250. The number of hydrogen-bond donors (Lipinski definition) is 2. The largest absolute Gasteiger partial charge is 0.325 e. The zero-order chi connectivity index (χ0) is 14.7. The molecule has 1 aromatic heterocycles. The Morgan fingerprint density at radius 1 is 1.23 bits per heavy atom. The molecule has 0 unspecified atom stereocenters. The number of halogens is 2. The number of rotatable bonds is 3. The summed E-state index contributed by atoms with van der Waals surface area (Å²) in [4.78, 5) is 16.0. The Balaban J connectivity index is 0.00000176. The van der Waals surface area contributed by atoms with Crippen LogP contribution in [0.5, 0.6) is 0 Å². The van der Waals surface area contributed by atoms with Gasteiger partial charge in [0.15, 0.2) is 0 Å². The average molecular weight is 322 g/mol. The van der Waals surface area contributed by atoms with E-state index in [-0.39, 0.29) is 31.3 Å². The summed E-state index contributed by atoms with van der Waals surface area (Å²) < 4.78 is 13.1. The van der Waals surface area contributed by atoms with E-state index in [1.807, 2.05) is 36.4 Å². The molecule has 1 aliphatic rings. The van der Waals surface area contributed by atoms with Crippen LogP contribution in [0, 0.1) is 0 Å². The van der Waals surface area contributed by atoms with E-state index in [0.717, 1.165) is 11.1 Å². The normalized spacial score (nSPS) is 20.2. The van der Waals surface area contributed by atoms with Crippen LogP contribution < -0.4 is 10.6 Å².